The lowest BCUT2D eigenvalue weighted by Crippen LogP contribution is -2.15. The number of rotatable bonds is 10. The molecule has 8 nitrogen and oxygen atoms in total. The number of benzene rings is 5. The van der Waals surface area contributed by atoms with Crippen LogP contribution in [0.2, 0.25) is 0 Å². The van der Waals surface area contributed by atoms with Crippen LogP contribution in [0, 0.1) is 30.1 Å². The molecular formula is C79H85O8P. The summed E-state index contributed by atoms with van der Waals surface area (Å²) in [5.74, 6) is 4.05. The molecule has 3 aliphatic heterocycles. The van der Waals surface area contributed by atoms with Gasteiger partial charge in [-0.05, 0) is 139 Å². The second-order valence-electron chi connectivity index (χ2n) is 26.8. The first-order valence-electron chi connectivity index (χ1n) is 33.4. The minimum Gasteiger partial charge on any atom is -0.507 e. The number of ether oxygens (including phenoxy) is 2. The van der Waals surface area contributed by atoms with Gasteiger partial charge in [-0.2, -0.15) is 0 Å². The molecule has 9 aliphatic rings. The van der Waals surface area contributed by atoms with Crippen molar-refractivity contribution in [3.05, 3.63) is 205 Å². The van der Waals surface area contributed by atoms with Gasteiger partial charge in [-0.3, -0.25) is 0 Å². The fourth-order valence-corrected chi connectivity index (χ4v) is 19.3. The Kier molecular flexibility index (Phi) is 16.8. The van der Waals surface area contributed by atoms with Crippen molar-refractivity contribution >= 4 is 8.15 Å². The first-order valence-corrected chi connectivity index (χ1v) is 34.8. The first-order chi connectivity index (χ1) is 43.1. The minimum absolute atomic E-state index is 0.0216. The predicted octanol–water partition coefficient (Wildman–Crippen LogP) is 20.3. The SMILES string of the molecule is C#CC/C=C(\C=C/CC1CCCCC1)C1c2cc(c(O)cc2O)C2C3=CC=C(C4CCCCC4)P(C3)Oc3cc(O)c(cc32)C(C2=CCC=C(C3CCCCC3)C=C2)c2cc(c(O)cc2O)C2c3ccc(C4CCCCC4)c(c3)Oc3cc(OC)c1cc32. The van der Waals surface area contributed by atoms with E-state index >= 15 is 0 Å². The van der Waals surface area contributed by atoms with Crippen LogP contribution in [-0.4, -0.2) is 38.8 Å². The Bertz CT molecular complexity index is 3780. The van der Waals surface area contributed by atoms with Gasteiger partial charge in [0, 0.05) is 105 Å². The lowest BCUT2D eigenvalue weighted by Gasteiger charge is -2.32. The Morgan fingerprint density at radius 1 is 0.557 bits per heavy atom. The molecule has 5 unspecified atom stereocenters. The van der Waals surface area contributed by atoms with Gasteiger partial charge in [0.25, 0.3) is 0 Å². The van der Waals surface area contributed by atoms with E-state index in [1.807, 2.05) is 18.2 Å². The number of phenols is 5. The molecule has 0 amide bonds. The van der Waals surface area contributed by atoms with E-state index in [0.29, 0.717) is 87.7 Å². The van der Waals surface area contributed by atoms with Crippen molar-refractivity contribution in [3.63, 3.8) is 0 Å². The molecule has 4 saturated carbocycles. The van der Waals surface area contributed by atoms with E-state index in [0.717, 1.165) is 108 Å². The van der Waals surface area contributed by atoms with Crippen molar-refractivity contribution in [3.8, 4) is 64.1 Å². The van der Waals surface area contributed by atoms with Gasteiger partial charge in [-0.1, -0.05) is 162 Å². The summed E-state index contributed by atoms with van der Waals surface area (Å²) >= 11 is 0. The smallest absolute Gasteiger partial charge is 0.135 e. The Hall–Kier alpha value is -7.33. The summed E-state index contributed by atoms with van der Waals surface area (Å²) in [6, 6.07) is 21.5. The van der Waals surface area contributed by atoms with Crippen LogP contribution in [0.3, 0.4) is 0 Å². The van der Waals surface area contributed by atoms with E-state index in [-0.39, 0.29) is 28.7 Å². The van der Waals surface area contributed by atoms with E-state index in [1.54, 1.807) is 13.2 Å². The van der Waals surface area contributed by atoms with Gasteiger partial charge in [0.05, 0.1) is 7.11 Å². The van der Waals surface area contributed by atoms with Crippen LogP contribution < -0.4 is 14.0 Å². The third-order valence-corrected chi connectivity index (χ3v) is 23.7. The molecule has 5 aromatic rings. The number of allylic oxidation sites excluding steroid dienone is 14. The monoisotopic (exact) mass is 1190 g/mol. The number of fused-ring (bicyclic) bond motifs is 14. The fraction of sp³-hybridized carbons (Fsp3) is 0.418. The molecule has 6 aliphatic carbocycles. The fourth-order valence-electron chi connectivity index (χ4n) is 17.0. The molecule has 14 rings (SSSR count). The van der Waals surface area contributed by atoms with Crippen LogP contribution in [0.4, 0.5) is 0 Å². The number of phenolic OH excluding ortho intramolecular Hbond substituents is 5. The van der Waals surface area contributed by atoms with E-state index in [1.165, 1.54) is 100 Å². The van der Waals surface area contributed by atoms with Crippen molar-refractivity contribution in [1.82, 2.24) is 0 Å². The van der Waals surface area contributed by atoms with Crippen LogP contribution in [0.1, 0.15) is 233 Å². The Balaban J connectivity index is 1.06. The average molecular weight is 1190 g/mol. The number of hydrogen-bond acceptors (Lipinski definition) is 8. The summed E-state index contributed by atoms with van der Waals surface area (Å²) in [5.41, 5.74) is 11.3. The normalized spacial score (nSPS) is 24.1. The third kappa shape index (κ3) is 11.2. The average Bonchev–Trinajstić information content (AvgIpc) is 1.67. The molecule has 3 heterocycles. The minimum atomic E-state index is -1.21. The molecule has 88 heavy (non-hydrogen) atoms. The molecular weight excluding hydrogens is 1110 g/mol. The van der Waals surface area contributed by atoms with Crippen molar-refractivity contribution in [2.45, 2.75) is 177 Å². The topological polar surface area (TPSA) is 129 Å². The lowest BCUT2D eigenvalue weighted by atomic mass is 9.74. The molecule has 0 saturated heterocycles. The van der Waals surface area contributed by atoms with Crippen LogP contribution >= 0.6 is 8.15 Å². The molecule has 5 N–H and O–H groups in total. The highest BCUT2D eigenvalue weighted by molar-refractivity contribution is 7.58. The van der Waals surface area contributed by atoms with Crippen LogP contribution in [0.15, 0.2) is 149 Å². The van der Waals surface area contributed by atoms with Gasteiger partial charge in [0.2, 0.25) is 0 Å². The molecule has 5 aromatic carbocycles. The third-order valence-electron chi connectivity index (χ3n) is 21.6. The number of hydrogen-bond donors (Lipinski definition) is 5. The molecule has 9 heteroatoms. The Morgan fingerprint density at radius 3 is 1.83 bits per heavy atom. The van der Waals surface area contributed by atoms with E-state index in [4.69, 9.17) is 20.4 Å². The van der Waals surface area contributed by atoms with Crippen LogP contribution in [0.5, 0.6) is 51.7 Å². The van der Waals surface area contributed by atoms with E-state index in [9.17, 15) is 25.5 Å². The van der Waals surface area contributed by atoms with Gasteiger partial charge in [0.15, 0.2) is 0 Å². The maximum Gasteiger partial charge on any atom is 0.135 e. The largest absolute Gasteiger partial charge is 0.507 e. The molecule has 0 radical (unpaired) electrons. The van der Waals surface area contributed by atoms with Crippen molar-refractivity contribution < 1.29 is 39.5 Å². The second kappa shape index (κ2) is 25.3. The van der Waals surface area contributed by atoms with Crippen LogP contribution in [-0.2, 0) is 0 Å². The number of methoxy groups -OCH3 is 1. The summed E-state index contributed by atoms with van der Waals surface area (Å²) in [6.07, 6.45) is 52.4. The first kappa shape index (κ1) is 58.4. The standard InChI is InChI=1S/C79H85O8P/c1-3-4-22-53(30-17-21-48-19-9-5-10-20-48)77-59-40-61(69(83)44-67(59)81)79-56-35-37-75(52-27-15-8-16-28-52)88(47-56)87-74-45-70(84)62(41-65(74)79)76(54-31-18-29-50(32-33-54)49-23-11-6-12-24-49)58-39-60(68(82)43-66(58)80)78-55-34-36-57(51-25-13-7-14-26-51)72(38-55)86-73-46-71(85-2)63(77)42-64(73)78/h1,17,22,29-46,48-49,51-52,76-84H,4-16,18-21,23-28,47H2,2H3/b30-17-,53-22+. The quantitative estimate of drug-likeness (QED) is 0.0521. The van der Waals surface area contributed by atoms with Gasteiger partial charge < -0.3 is 39.5 Å². The zero-order valence-electron chi connectivity index (χ0n) is 51.1. The maximum atomic E-state index is 13.1. The van der Waals surface area contributed by atoms with Crippen molar-refractivity contribution in [1.29, 1.82) is 0 Å². The highest BCUT2D eigenvalue weighted by atomic mass is 31.1. The van der Waals surface area contributed by atoms with Crippen LogP contribution in [0.25, 0.3) is 0 Å². The Labute approximate surface area is 522 Å². The number of terminal acetylenes is 1. The maximum absolute atomic E-state index is 13.1. The summed E-state index contributed by atoms with van der Waals surface area (Å²) in [4.78, 5) is 0. The van der Waals surface area contributed by atoms with E-state index < -0.39 is 31.8 Å². The summed E-state index contributed by atoms with van der Waals surface area (Å²) in [6.45, 7) is 0. The molecule has 4 fully saturated rings. The Morgan fingerprint density at radius 2 is 1.12 bits per heavy atom. The summed E-state index contributed by atoms with van der Waals surface area (Å²) < 4.78 is 21.3. The van der Waals surface area contributed by atoms with Gasteiger partial charge >= 0.3 is 0 Å². The van der Waals surface area contributed by atoms with Gasteiger partial charge in [0.1, 0.15) is 59.9 Å². The zero-order valence-corrected chi connectivity index (χ0v) is 52.0. The molecule has 0 spiro atoms. The molecule has 0 aromatic heterocycles. The van der Waals surface area contributed by atoms with E-state index in [2.05, 4.69) is 90.9 Å². The highest BCUT2D eigenvalue weighted by Crippen LogP contribution is 2.64. The number of aromatic hydroxyl groups is 5. The van der Waals surface area contributed by atoms with Gasteiger partial charge in [-0.25, -0.2) is 0 Å². The molecule has 5 atom stereocenters. The summed E-state index contributed by atoms with van der Waals surface area (Å²) in [7, 11) is 0.477. The highest BCUT2D eigenvalue weighted by Gasteiger charge is 2.42. The zero-order chi connectivity index (χ0) is 60.0. The van der Waals surface area contributed by atoms with Gasteiger partial charge in [-0.15, -0.1) is 12.3 Å². The second-order valence-corrected chi connectivity index (χ2v) is 28.6. The lowest BCUT2D eigenvalue weighted by molar-refractivity contribution is 0.361. The molecule has 454 valence electrons. The molecule has 12 bridgehead atoms. The summed E-state index contributed by atoms with van der Waals surface area (Å²) in [5, 5.41) is 65.7. The van der Waals surface area contributed by atoms with Crippen molar-refractivity contribution in [2.75, 3.05) is 13.3 Å². The van der Waals surface area contributed by atoms with Crippen molar-refractivity contribution in [2.24, 2.45) is 17.8 Å². The predicted molar refractivity (Wildman–Crippen MR) is 353 cm³/mol.